The first-order valence-corrected chi connectivity index (χ1v) is 8.78. The molecule has 0 amide bonds. The highest BCUT2D eigenvalue weighted by atomic mass is 35.5. The summed E-state index contributed by atoms with van der Waals surface area (Å²) in [6.45, 7) is 11.8. The van der Waals surface area contributed by atoms with E-state index in [0.29, 0.717) is 13.0 Å². The first-order chi connectivity index (χ1) is 6.70. The fourth-order valence-electron chi connectivity index (χ4n) is 0.890. The van der Waals surface area contributed by atoms with Crippen LogP contribution in [0.1, 0.15) is 33.6 Å². The SMILES string of the molecule is CC(C)(C)[Si](C)(C)OCCC[C@@H](Cl)C=O. The van der Waals surface area contributed by atoms with Gasteiger partial charge in [-0.1, -0.05) is 20.8 Å². The van der Waals surface area contributed by atoms with E-state index in [2.05, 4.69) is 33.9 Å². The molecule has 0 fully saturated rings. The van der Waals surface area contributed by atoms with Gasteiger partial charge in [0.2, 0.25) is 0 Å². The van der Waals surface area contributed by atoms with Crippen LogP contribution in [-0.2, 0) is 9.22 Å². The smallest absolute Gasteiger partial charge is 0.191 e. The Morgan fingerprint density at radius 2 is 1.93 bits per heavy atom. The van der Waals surface area contributed by atoms with E-state index in [1.165, 1.54) is 0 Å². The van der Waals surface area contributed by atoms with Crippen LogP contribution >= 0.6 is 11.6 Å². The van der Waals surface area contributed by atoms with Gasteiger partial charge >= 0.3 is 0 Å². The summed E-state index contributed by atoms with van der Waals surface area (Å²) < 4.78 is 5.95. The maximum atomic E-state index is 10.3. The third-order valence-electron chi connectivity index (χ3n) is 3.04. The summed E-state index contributed by atoms with van der Waals surface area (Å²) in [5.74, 6) is 0. The minimum Gasteiger partial charge on any atom is -0.417 e. The van der Waals surface area contributed by atoms with E-state index in [9.17, 15) is 4.79 Å². The minimum atomic E-state index is -1.62. The van der Waals surface area contributed by atoms with Crippen molar-refractivity contribution in [2.24, 2.45) is 0 Å². The molecule has 0 radical (unpaired) electrons. The lowest BCUT2D eigenvalue weighted by Gasteiger charge is -2.36. The van der Waals surface area contributed by atoms with Crippen LogP contribution in [0.4, 0.5) is 0 Å². The maximum Gasteiger partial charge on any atom is 0.191 e. The lowest BCUT2D eigenvalue weighted by atomic mass is 10.2. The number of aldehydes is 1. The van der Waals surface area contributed by atoms with E-state index in [1.807, 2.05) is 0 Å². The van der Waals surface area contributed by atoms with Gasteiger partial charge in [0.1, 0.15) is 6.29 Å². The standard InChI is InChI=1S/C11H23ClO2Si/c1-11(2,3)15(4,5)14-8-6-7-10(12)9-13/h9-10H,6-8H2,1-5H3/t10-/m1/s1. The number of alkyl halides is 1. The molecule has 2 nitrogen and oxygen atoms in total. The summed E-state index contributed by atoms with van der Waals surface area (Å²) >= 11 is 5.69. The molecule has 0 aliphatic rings. The Labute approximate surface area is 99.5 Å². The third kappa shape index (κ3) is 5.69. The molecule has 0 unspecified atom stereocenters. The molecule has 0 aromatic heterocycles. The Bertz CT molecular complexity index is 199. The summed E-state index contributed by atoms with van der Waals surface area (Å²) in [6.07, 6.45) is 2.35. The van der Waals surface area contributed by atoms with Crippen molar-refractivity contribution < 1.29 is 9.22 Å². The van der Waals surface area contributed by atoms with Crippen LogP contribution in [-0.4, -0.2) is 26.6 Å². The number of halogens is 1. The topological polar surface area (TPSA) is 26.3 Å². The van der Waals surface area contributed by atoms with Crippen molar-refractivity contribution >= 4 is 26.2 Å². The molecule has 0 heterocycles. The second-order valence-electron chi connectivity index (χ2n) is 5.40. The number of carbonyl (C=O) groups is 1. The van der Waals surface area contributed by atoms with Crippen molar-refractivity contribution in [1.29, 1.82) is 0 Å². The van der Waals surface area contributed by atoms with Crippen molar-refractivity contribution in [3.8, 4) is 0 Å². The molecule has 0 aliphatic heterocycles. The molecule has 0 N–H and O–H groups in total. The van der Waals surface area contributed by atoms with Crippen molar-refractivity contribution in [2.45, 2.75) is 57.1 Å². The van der Waals surface area contributed by atoms with Crippen LogP contribution in [0.25, 0.3) is 0 Å². The van der Waals surface area contributed by atoms with Crippen LogP contribution < -0.4 is 0 Å². The van der Waals surface area contributed by atoms with E-state index >= 15 is 0 Å². The summed E-state index contributed by atoms with van der Waals surface area (Å²) in [7, 11) is -1.62. The zero-order valence-electron chi connectivity index (χ0n) is 10.5. The average molecular weight is 251 g/mol. The molecule has 90 valence electrons. The van der Waals surface area contributed by atoms with Gasteiger partial charge in [-0.05, 0) is 31.0 Å². The largest absolute Gasteiger partial charge is 0.417 e. The van der Waals surface area contributed by atoms with E-state index in [4.69, 9.17) is 16.0 Å². The second kappa shape index (κ2) is 6.02. The number of hydrogen-bond acceptors (Lipinski definition) is 2. The van der Waals surface area contributed by atoms with Gasteiger partial charge in [-0.15, -0.1) is 11.6 Å². The lowest BCUT2D eigenvalue weighted by Crippen LogP contribution is -2.41. The molecular formula is C11H23ClO2Si. The number of hydrogen-bond donors (Lipinski definition) is 0. The molecule has 0 bridgehead atoms. The van der Waals surface area contributed by atoms with Crippen LogP contribution in [0, 0.1) is 0 Å². The number of rotatable bonds is 6. The Morgan fingerprint density at radius 3 is 2.33 bits per heavy atom. The van der Waals surface area contributed by atoms with E-state index in [-0.39, 0.29) is 10.4 Å². The Balaban J connectivity index is 3.81. The normalized spacial score (nSPS) is 15.1. The summed E-state index contributed by atoms with van der Waals surface area (Å²) in [4.78, 5) is 10.3. The zero-order valence-corrected chi connectivity index (χ0v) is 12.2. The van der Waals surface area contributed by atoms with Gasteiger partial charge in [-0.3, -0.25) is 0 Å². The molecule has 1 atom stereocenters. The third-order valence-corrected chi connectivity index (χ3v) is 7.90. The molecule has 15 heavy (non-hydrogen) atoms. The van der Waals surface area contributed by atoms with Crippen LogP contribution in [0.5, 0.6) is 0 Å². The maximum absolute atomic E-state index is 10.3. The first kappa shape index (κ1) is 15.1. The van der Waals surface area contributed by atoms with Gasteiger partial charge < -0.3 is 9.22 Å². The fraction of sp³-hybridized carbons (Fsp3) is 0.909. The number of carbonyl (C=O) groups excluding carboxylic acids is 1. The fourth-order valence-corrected chi connectivity index (χ4v) is 2.13. The van der Waals surface area contributed by atoms with E-state index in [0.717, 1.165) is 12.7 Å². The Kier molecular flexibility index (Phi) is 6.07. The summed E-state index contributed by atoms with van der Waals surface area (Å²) in [5.41, 5.74) is 0. The molecule has 0 aromatic rings. The molecule has 0 saturated heterocycles. The second-order valence-corrected chi connectivity index (χ2v) is 10.8. The van der Waals surface area contributed by atoms with Crippen LogP contribution in [0.3, 0.4) is 0 Å². The van der Waals surface area contributed by atoms with Gasteiger partial charge in [-0.2, -0.15) is 0 Å². The van der Waals surface area contributed by atoms with Crippen molar-refractivity contribution in [1.82, 2.24) is 0 Å². The molecular weight excluding hydrogens is 228 g/mol. The van der Waals surface area contributed by atoms with Crippen LogP contribution in [0.15, 0.2) is 0 Å². The van der Waals surface area contributed by atoms with Gasteiger partial charge in [0.25, 0.3) is 0 Å². The molecule has 0 rings (SSSR count). The van der Waals surface area contributed by atoms with Crippen molar-refractivity contribution in [3.05, 3.63) is 0 Å². The van der Waals surface area contributed by atoms with Gasteiger partial charge in [0.05, 0.1) is 5.38 Å². The monoisotopic (exact) mass is 250 g/mol. The summed E-state index contributed by atoms with van der Waals surface area (Å²) in [6, 6.07) is 0. The van der Waals surface area contributed by atoms with E-state index < -0.39 is 8.32 Å². The van der Waals surface area contributed by atoms with Crippen molar-refractivity contribution in [2.75, 3.05) is 6.61 Å². The predicted octanol–water partition coefficient (Wildman–Crippen LogP) is 3.59. The molecule has 0 aliphatic carbocycles. The van der Waals surface area contributed by atoms with Crippen molar-refractivity contribution in [3.63, 3.8) is 0 Å². The molecule has 4 heteroatoms. The first-order valence-electron chi connectivity index (χ1n) is 5.44. The van der Waals surface area contributed by atoms with E-state index in [1.54, 1.807) is 0 Å². The van der Waals surface area contributed by atoms with Gasteiger partial charge in [0, 0.05) is 6.61 Å². The quantitative estimate of drug-likeness (QED) is 0.312. The summed E-state index contributed by atoms with van der Waals surface area (Å²) in [5, 5.41) is -0.106. The predicted molar refractivity (Wildman–Crippen MR) is 68.1 cm³/mol. The highest BCUT2D eigenvalue weighted by Gasteiger charge is 2.36. The average Bonchev–Trinajstić information content (AvgIpc) is 2.10. The molecule has 0 spiro atoms. The Hall–Kier alpha value is 0.137. The highest BCUT2D eigenvalue weighted by molar-refractivity contribution is 6.74. The highest BCUT2D eigenvalue weighted by Crippen LogP contribution is 2.36. The molecule has 0 aromatic carbocycles. The Morgan fingerprint density at radius 1 is 1.40 bits per heavy atom. The van der Waals surface area contributed by atoms with Gasteiger partial charge in [0.15, 0.2) is 8.32 Å². The lowest BCUT2D eigenvalue weighted by molar-refractivity contribution is -0.107. The zero-order chi connectivity index (χ0) is 12.1. The minimum absolute atomic E-state index is 0.248. The van der Waals surface area contributed by atoms with Crippen LogP contribution in [0.2, 0.25) is 18.1 Å². The molecule has 0 saturated carbocycles. The van der Waals surface area contributed by atoms with Gasteiger partial charge in [-0.25, -0.2) is 0 Å².